The van der Waals surface area contributed by atoms with E-state index in [9.17, 15) is 18.0 Å². The molecule has 9 nitrogen and oxygen atoms in total. The van der Waals surface area contributed by atoms with E-state index in [0.29, 0.717) is 30.2 Å². The Balaban J connectivity index is 1.46. The van der Waals surface area contributed by atoms with E-state index in [1.807, 2.05) is 36.6 Å². The molecule has 0 amide bonds. The first kappa shape index (κ1) is 30.0. The second-order valence-corrected chi connectivity index (χ2v) is 15.2. The monoisotopic (exact) mass is 629 g/mol. The molecule has 0 N–H and O–H groups in total. The summed E-state index contributed by atoms with van der Waals surface area (Å²) >= 11 is 0. The maximum absolute atomic E-state index is 14.8. The van der Waals surface area contributed by atoms with E-state index in [2.05, 4.69) is 17.0 Å². The number of hydrogen-bond donors (Lipinski definition) is 0. The second kappa shape index (κ2) is 11.9. The fourth-order valence-electron chi connectivity index (χ4n) is 7.98. The number of aromatic nitrogens is 2. The molecule has 45 heavy (non-hydrogen) atoms. The average molecular weight is 630 g/mol. The number of hydrogen-bond acceptors (Lipinski definition) is 6. The van der Waals surface area contributed by atoms with Crippen molar-refractivity contribution in [2.75, 3.05) is 11.4 Å². The lowest BCUT2D eigenvalue weighted by Gasteiger charge is -2.40. The van der Waals surface area contributed by atoms with Crippen LogP contribution in [0.15, 0.2) is 74.2 Å². The standard InChI is InChI=1S/C35H43N5O4S/c1-24-18-20-29(21-19-24)45(43,44)40-25(2)30-23-37(22-26-12-6-3-7-13-26)33-31(32(30)36-40)34(41)39(28-16-10-5-11-17-28)35(42)38(33)27-14-8-4-9-15-27/h3,6-7,12-13,18-21,25,27-28,30H,4-5,8-11,14-17,22-23H2,1-2H3/t25-,30-/m1/s1. The Hall–Kier alpha value is -3.66. The lowest BCUT2D eigenvalue weighted by Crippen LogP contribution is -2.54. The minimum absolute atomic E-state index is 0.0166. The molecule has 2 aliphatic carbocycles. The van der Waals surface area contributed by atoms with Gasteiger partial charge in [-0.05, 0) is 57.2 Å². The van der Waals surface area contributed by atoms with Gasteiger partial charge in [0.15, 0.2) is 0 Å². The quantitative estimate of drug-likeness (QED) is 0.345. The summed E-state index contributed by atoms with van der Waals surface area (Å²) in [5, 5.41) is 4.81. The highest BCUT2D eigenvalue weighted by molar-refractivity contribution is 7.89. The Morgan fingerprint density at radius 2 is 1.40 bits per heavy atom. The third-order valence-electron chi connectivity index (χ3n) is 10.4. The van der Waals surface area contributed by atoms with Crippen LogP contribution in [0.2, 0.25) is 0 Å². The fraction of sp³-hybridized carbons (Fsp3) is 0.514. The molecule has 2 saturated carbocycles. The van der Waals surface area contributed by atoms with Gasteiger partial charge in [0, 0.05) is 31.1 Å². The molecule has 0 saturated heterocycles. The number of aryl methyl sites for hydroxylation is 1. The molecule has 2 atom stereocenters. The maximum atomic E-state index is 14.8. The van der Waals surface area contributed by atoms with Crippen molar-refractivity contribution >= 4 is 21.6 Å². The molecule has 4 aliphatic rings. The van der Waals surface area contributed by atoms with Crippen molar-refractivity contribution in [3.8, 4) is 0 Å². The first-order valence-corrected chi connectivity index (χ1v) is 18.1. The van der Waals surface area contributed by atoms with Crippen LogP contribution in [0.4, 0.5) is 5.82 Å². The van der Waals surface area contributed by atoms with Gasteiger partial charge in [-0.3, -0.25) is 13.9 Å². The van der Waals surface area contributed by atoms with Gasteiger partial charge in [-0.15, -0.1) is 0 Å². The number of benzene rings is 2. The Labute approximate surface area is 265 Å². The minimum atomic E-state index is -3.97. The van der Waals surface area contributed by atoms with E-state index < -0.39 is 16.1 Å². The Kier molecular flexibility index (Phi) is 7.96. The van der Waals surface area contributed by atoms with Gasteiger partial charge in [0.25, 0.3) is 15.6 Å². The third-order valence-corrected chi connectivity index (χ3v) is 12.2. The van der Waals surface area contributed by atoms with Gasteiger partial charge in [-0.2, -0.15) is 17.9 Å². The van der Waals surface area contributed by atoms with Crippen LogP contribution in [0.1, 0.15) is 99.9 Å². The summed E-state index contributed by atoms with van der Waals surface area (Å²) in [6.07, 6.45) is 9.66. The van der Waals surface area contributed by atoms with Crippen molar-refractivity contribution < 1.29 is 8.42 Å². The highest BCUT2D eigenvalue weighted by atomic mass is 32.2. The van der Waals surface area contributed by atoms with Crippen molar-refractivity contribution in [3.63, 3.8) is 0 Å². The van der Waals surface area contributed by atoms with Crippen molar-refractivity contribution in [2.24, 2.45) is 11.0 Å². The molecule has 0 spiro atoms. The number of hydrazone groups is 1. The number of fused-ring (bicyclic) bond motifs is 3. The SMILES string of the molecule is Cc1ccc(S(=O)(=O)N2N=C3c4c(n(C5CCCCC5)c(=O)n(C5CCCCC5)c4=O)N(Cc4ccccc4)C[C@@H]3[C@H]2C)cc1. The Morgan fingerprint density at radius 3 is 2.02 bits per heavy atom. The summed E-state index contributed by atoms with van der Waals surface area (Å²) in [6.45, 7) is 4.77. The van der Waals surface area contributed by atoms with Crippen molar-refractivity contribution in [1.29, 1.82) is 0 Å². The predicted octanol–water partition coefficient (Wildman–Crippen LogP) is 5.76. The van der Waals surface area contributed by atoms with Crippen LogP contribution in [0.5, 0.6) is 0 Å². The average Bonchev–Trinajstić information content (AvgIpc) is 3.39. The van der Waals surface area contributed by atoms with E-state index in [-0.39, 0.29) is 34.1 Å². The largest absolute Gasteiger partial charge is 0.352 e. The van der Waals surface area contributed by atoms with Crippen LogP contribution in [0.25, 0.3) is 0 Å². The molecule has 2 fully saturated rings. The molecule has 0 bridgehead atoms. The molecule has 0 radical (unpaired) electrons. The van der Waals surface area contributed by atoms with Gasteiger partial charge in [0.05, 0.1) is 16.6 Å². The lowest BCUT2D eigenvalue weighted by atomic mass is 9.87. The van der Waals surface area contributed by atoms with E-state index >= 15 is 0 Å². The first-order valence-electron chi connectivity index (χ1n) is 16.7. The molecule has 10 heteroatoms. The highest BCUT2D eigenvalue weighted by Gasteiger charge is 2.48. The molecule has 3 heterocycles. The van der Waals surface area contributed by atoms with E-state index in [4.69, 9.17) is 5.10 Å². The number of rotatable bonds is 6. The van der Waals surface area contributed by atoms with Crippen LogP contribution < -0.4 is 16.1 Å². The summed E-state index contributed by atoms with van der Waals surface area (Å²) in [5.41, 5.74) is 2.40. The van der Waals surface area contributed by atoms with E-state index in [1.54, 1.807) is 24.3 Å². The molecule has 1 aromatic heterocycles. The highest BCUT2D eigenvalue weighted by Crippen LogP contribution is 2.41. The maximum Gasteiger partial charge on any atom is 0.333 e. The van der Waals surface area contributed by atoms with Gasteiger partial charge in [0.2, 0.25) is 0 Å². The van der Waals surface area contributed by atoms with Crippen LogP contribution in [0.3, 0.4) is 0 Å². The topological polar surface area (TPSA) is 97.0 Å². The molecule has 238 valence electrons. The Morgan fingerprint density at radius 1 is 0.800 bits per heavy atom. The molecular weight excluding hydrogens is 586 g/mol. The zero-order valence-electron chi connectivity index (χ0n) is 26.3. The zero-order chi connectivity index (χ0) is 31.3. The van der Waals surface area contributed by atoms with Crippen LogP contribution in [-0.4, -0.2) is 40.3 Å². The molecule has 2 aromatic carbocycles. The molecule has 7 rings (SSSR count). The van der Waals surface area contributed by atoms with Crippen molar-refractivity contribution in [2.45, 2.75) is 108 Å². The zero-order valence-corrected chi connectivity index (χ0v) is 27.1. The summed E-state index contributed by atoms with van der Waals surface area (Å²) in [7, 11) is -3.97. The summed E-state index contributed by atoms with van der Waals surface area (Å²) < 4.78 is 32.7. The van der Waals surface area contributed by atoms with Crippen LogP contribution >= 0.6 is 0 Å². The lowest BCUT2D eigenvalue weighted by molar-refractivity contribution is 0.297. The number of nitrogens with zero attached hydrogens (tertiary/aromatic N) is 5. The molecule has 2 aliphatic heterocycles. The van der Waals surface area contributed by atoms with Crippen LogP contribution in [0, 0.1) is 12.8 Å². The molecule has 0 unspecified atom stereocenters. The molecular formula is C35H43N5O4S. The van der Waals surface area contributed by atoms with Crippen molar-refractivity contribution in [3.05, 3.63) is 92.1 Å². The minimum Gasteiger partial charge on any atom is -0.352 e. The fourth-order valence-corrected chi connectivity index (χ4v) is 9.46. The van der Waals surface area contributed by atoms with Gasteiger partial charge in [-0.25, -0.2) is 4.79 Å². The number of anilines is 1. The van der Waals surface area contributed by atoms with Crippen molar-refractivity contribution in [1.82, 2.24) is 13.5 Å². The first-order chi connectivity index (χ1) is 21.8. The van der Waals surface area contributed by atoms with E-state index in [1.165, 1.54) is 8.98 Å². The second-order valence-electron chi connectivity index (χ2n) is 13.4. The molecule has 3 aromatic rings. The van der Waals surface area contributed by atoms with Gasteiger partial charge in [-0.1, -0.05) is 86.6 Å². The smallest absolute Gasteiger partial charge is 0.333 e. The van der Waals surface area contributed by atoms with Gasteiger partial charge in [0.1, 0.15) is 11.4 Å². The van der Waals surface area contributed by atoms with Gasteiger partial charge < -0.3 is 4.90 Å². The van der Waals surface area contributed by atoms with Crippen LogP contribution in [-0.2, 0) is 16.6 Å². The van der Waals surface area contributed by atoms with E-state index in [0.717, 1.165) is 75.3 Å². The number of sulfonamides is 1. The Bertz CT molecular complexity index is 1820. The predicted molar refractivity (Wildman–Crippen MR) is 176 cm³/mol. The normalized spacial score (nSPS) is 22.7. The summed E-state index contributed by atoms with van der Waals surface area (Å²) in [6, 6.07) is 16.2. The summed E-state index contributed by atoms with van der Waals surface area (Å²) in [4.78, 5) is 31.7. The van der Waals surface area contributed by atoms with Gasteiger partial charge >= 0.3 is 5.69 Å². The third kappa shape index (κ3) is 5.24. The summed E-state index contributed by atoms with van der Waals surface area (Å²) in [5.74, 6) is 0.288.